The van der Waals surface area contributed by atoms with Crippen LogP contribution < -0.4 is 0 Å². The molecule has 0 saturated carbocycles. The van der Waals surface area contributed by atoms with Gasteiger partial charge in [-0.3, -0.25) is 9.97 Å². The molecule has 0 aliphatic rings. The molecule has 1 atom stereocenters. The van der Waals surface area contributed by atoms with Gasteiger partial charge in [0.25, 0.3) is 0 Å². The van der Waals surface area contributed by atoms with Crippen molar-refractivity contribution < 1.29 is 5.11 Å². The summed E-state index contributed by atoms with van der Waals surface area (Å²) in [4.78, 5) is 7.94. The van der Waals surface area contributed by atoms with Crippen molar-refractivity contribution in [2.24, 2.45) is 0 Å². The first-order chi connectivity index (χ1) is 4.70. The third kappa shape index (κ3) is 1.51. The van der Waals surface area contributed by atoms with E-state index in [1.807, 2.05) is 6.92 Å². The molecule has 3 heteroatoms. The van der Waals surface area contributed by atoms with E-state index in [0.717, 1.165) is 5.69 Å². The lowest BCUT2D eigenvalue weighted by Gasteiger charge is -2.01. The van der Waals surface area contributed by atoms with E-state index in [1.54, 1.807) is 19.3 Å². The summed E-state index contributed by atoms with van der Waals surface area (Å²) in [6.45, 7) is 3.52. The van der Waals surface area contributed by atoms with Crippen molar-refractivity contribution in [2.75, 3.05) is 0 Å². The third-order valence-corrected chi connectivity index (χ3v) is 1.20. The van der Waals surface area contributed by atoms with E-state index in [-0.39, 0.29) is 0 Å². The molecule has 0 bridgehead atoms. The lowest BCUT2D eigenvalue weighted by molar-refractivity contribution is 0.193. The molecule has 0 amide bonds. The summed E-state index contributed by atoms with van der Waals surface area (Å²) in [5.74, 6) is 0. The lowest BCUT2D eigenvalue weighted by atomic mass is 10.3. The van der Waals surface area contributed by atoms with Gasteiger partial charge in [-0.05, 0) is 13.8 Å². The summed E-state index contributed by atoms with van der Waals surface area (Å²) < 4.78 is 0. The van der Waals surface area contributed by atoms with E-state index >= 15 is 0 Å². The van der Waals surface area contributed by atoms with Crippen LogP contribution in [0.1, 0.15) is 24.4 Å². The molecular weight excluding hydrogens is 128 g/mol. The SMILES string of the molecule is Cc1cncc(C(C)O)n1. The second kappa shape index (κ2) is 2.75. The van der Waals surface area contributed by atoms with Crippen LogP contribution in [0.3, 0.4) is 0 Å². The average Bonchev–Trinajstić information content (AvgIpc) is 1.88. The van der Waals surface area contributed by atoms with Gasteiger partial charge in [0.1, 0.15) is 0 Å². The van der Waals surface area contributed by atoms with Crippen LogP contribution in [0.2, 0.25) is 0 Å². The molecule has 0 radical (unpaired) electrons. The minimum absolute atomic E-state index is 0.521. The van der Waals surface area contributed by atoms with E-state index in [9.17, 15) is 0 Å². The van der Waals surface area contributed by atoms with Crippen LogP contribution in [0.5, 0.6) is 0 Å². The maximum Gasteiger partial charge on any atom is 0.0947 e. The first kappa shape index (κ1) is 7.15. The Morgan fingerprint density at radius 3 is 2.60 bits per heavy atom. The van der Waals surface area contributed by atoms with Gasteiger partial charge in [-0.2, -0.15) is 0 Å². The van der Waals surface area contributed by atoms with E-state index in [4.69, 9.17) is 5.11 Å². The Bertz CT molecular complexity index is 223. The summed E-state index contributed by atoms with van der Waals surface area (Å²) >= 11 is 0. The predicted octanol–water partition coefficient (Wildman–Crippen LogP) is 0.838. The molecule has 1 aromatic heterocycles. The van der Waals surface area contributed by atoms with Gasteiger partial charge in [0.2, 0.25) is 0 Å². The molecule has 0 aliphatic heterocycles. The molecule has 0 spiro atoms. The standard InChI is InChI=1S/C7H10N2O/c1-5-3-8-4-7(9-5)6(2)10/h3-4,6,10H,1-2H3. The fourth-order valence-corrected chi connectivity index (χ4v) is 0.684. The minimum Gasteiger partial charge on any atom is -0.387 e. The van der Waals surface area contributed by atoms with Crippen molar-refractivity contribution in [1.82, 2.24) is 9.97 Å². The summed E-state index contributed by atoms with van der Waals surface area (Å²) in [6.07, 6.45) is 2.70. The first-order valence-electron chi connectivity index (χ1n) is 3.17. The molecule has 1 unspecified atom stereocenters. The van der Waals surface area contributed by atoms with E-state index in [1.165, 1.54) is 0 Å². The fourth-order valence-electron chi connectivity index (χ4n) is 0.684. The fraction of sp³-hybridized carbons (Fsp3) is 0.429. The number of rotatable bonds is 1. The zero-order chi connectivity index (χ0) is 7.56. The van der Waals surface area contributed by atoms with Crippen LogP contribution >= 0.6 is 0 Å². The highest BCUT2D eigenvalue weighted by atomic mass is 16.3. The normalized spacial score (nSPS) is 13.1. The van der Waals surface area contributed by atoms with Gasteiger partial charge in [-0.1, -0.05) is 0 Å². The predicted molar refractivity (Wildman–Crippen MR) is 37.4 cm³/mol. The monoisotopic (exact) mass is 138 g/mol. The van der Waals surface area contributed by atoms with Crippen molar-refractivity contribution in [2.45, 2.75) is 20.0 Å². The molecule has 10 heavy (non-hydrogen) atoms. The van der Waals surface area contributed by atoms with Crippen LogP contribution in [0.25, 0.3) is 0 Å². The number of aryl methyl sites for hydroxylation is 1. The molecule has 1 rings (SSSR count). The Balaban J connectivity index is 2.96. The van der Waals surface area contributed by atoms with Gasteiger partial charge in [0.15, 0.2) is 0 Å². The van der Waals surface area contributed by atoms with Crippen LogP contribution in [0.4, 0.5) is 0 Å². The Morgan fingerprint density at radius 2 is 2.20 bits per heavy atom. The maximum absolute atomic E-state index is 9.05. The van der Waals surface area contributed by atoms with Gasteiger partial charge < -0.3 is 5.11 Å². The van der Waals surface area contributed by atoms with Crippen molar-refractivity contribution >= 4 is 0 Å². The molecule has 3 nitrogen and oxygen atoms in total. The molecule has 0 aliphatic carbocycles. The number of hydrogen-bond acceptors (Lipinski definition) is 3. The van der Waals surface area contributed by atoms with Gasteiger partial charge in [-0.15, -0.1) is 0 Å². The summed E-state index contributed by atoms with van der Waals surface area (Å²) in [5.41, 5.74) is 1.46. The van der Waals surface area contributed by atoms with E-state index in [2.05, 4.69) is 9.97 Å². The zero-order valence-corrected chi connectivity index (χ0v) is 6.07. The van der Waals surface area contributed by atoms with Crippen LogP contribution in [-0.4, -0.2) is 15.1 Å². The maximum atomic E-state index is 9.05. The largest absolute Gasteiger partial charge is 0.387 e. The van der Waals surface area contributed by atoms with Crippen molar-refractivity contribution in [1.29, 1.82) is 0 Å². The highest BCUT2D eigenvalue weighted by Gasteiger charge is 2.00. The molecular formula is C7H10N2O. The Morgan fingerprint density at radius 1 is 1.50 bits per heavy atom. The number of nitrogens with zero attached hydrogens (tertiary/aromatic N) is 2. The zero-order valence-electron chi connectivity index (χ0n) is 6.07. The average molecular weight is 138 g/mol. The van der Waals surface area contributed by atoms with Crippen LogP contribution in [-0.2, 0) is 0 Å². The number of aliphatic hydroxyl groups is 1. The minimum atomic E-state index is -0.521. The van der Waals surface area contributed by atoms with Crippen molar-refractivity contribution in [3.8, 4) is 0 Å². The first-order valence-corrected chi connectivity index (χ1v) is 3.17. The van der Waals surface area contributed by atoms with E-state index in [0.29, 0.717) is 5.69 Å². The lowest BCUT2D eigenvalue weighted by Crippen LogP contribution is -1.97. The molecule has 1 N–H and O–H groups in total. The van der Waals surface area contributed by atoms with Crippen molar-refractivity contribution in [3.63, 3.8) is 0 Å². The van der Waals surface area contributed by atoms with E-state index < -0.39 is 6.10 Å². The molecule has 1 aromatic rings. The molecule has 1 heterocycles. The number of hydrogen-bond donors (Lipinski definition) is 1. The van der Waals surface area contributed by atoms with Gasteiger partial charge in [-0.25, -0.2) is 0 Å². The summed E-state index contributed by atoms with van der Waals surface area (Å²) in [7, 11) is 0. The second-order valence-corrected chi connectivity index (χ2v) is 2.26. The Kier molecular flexibility index (Phi) is 1.97. The third-order valence-electron chi connectivity index (χ3n) is 1.20. The second-order valence-electron chi connectivity index (χ2n) is 2.26. The van der Waals surface area contributed by atoms with Crippen molar-refractivity contribution in [3.05, 3.63) is 23.8 Å². The smallest absolute Gasteiger partial charge is 0.0947 e. The van der Waals surface area contributed by atoms with Gasteiger partial charge in [0.05, 0.1) is 23.7 Å². The summed E-state index contributed by atoms with van der Waals surface area (Å²) in [5, 5.41) is 9.05. The molecule has 0 saturated heterocycles. The Labute approximate surface area is 59.8 Å². The highest BCUT2D eigenvalue weighted by molar-refractivity contribution is 5.03. The highest BCUT2D eigenvalue weighted by Crippen LogP contribution is 2.05. The summed E-state index contributed by atoms with van der Waals surface area (Å²) in [6, 6.07) is 0. The van der Waals surface area contributed by atoms with Crippen LogP contribution in [0.15, 0.2) is 12.4 Å². The Hall–Kier alpha value is -0.960. The number of aliphatic hydroxyl groups excluding tert-OH is 1. The van der Waals surface area contributed by atoms with Crippen LogP contribution in [0, 0.1) is 6.92 Å². The topological polar surface area (TPSA) is 46.0 Å². The quantitative estimate of drug-likeness (QED) is 0.625. The molecule has 0 fully saturated rings. The van der Waals surface area contributed by atoms with Gasteiger partial charge in [0, 0.05) is 6.20 Å². The number of aromatic nitrogens is 2. The van der Waals surface area contributed by atoms with Gasteiger partial charge >= 0.3 is 0 Å². The molecule has 54 valence electrons. The molecule has 0 aromatic carbocycles.